The highest BCUT2D eigenvalue weighted by molar-refractivity contribution is 6.29. The Balaban J connectivity index is 1.15. The molecular formula is C28H40N6O6. The van der Waals surface area contributed by atoms with E-state index in [2.05, 4.69) is 0 Å². The number of hydrogen-bond acceptors (Lipinski definition) is 8. The lowest BCUT2D eigenvalue weighted by molar-refractivity contribution is -0.140. The van der Waals surface area contributed by atoms with E-state index in [9.17, 15) is 24.0 Å². The van der Waals surface area contributed by atoms with Crippen LogP contribution in [0.25, 0.3) is 0 Å². The van der Waals surface area contributed by atoms with Crippen LogP contribution in [0.3, 0.4) is 0 Å². The quantitative estimate of drug-likeness (QED) is 0.293. The largest absolute Gasteiger partial charge is 0.385 e. The Kier molecular flexibility index (Phi) is 6.59. The number of imide groups is 3. The van der Waals surface area contributed by atoms with Crippen LogP contribution < -0.4 is 11.5 Å². The number of ether oxygens (including phenoxy) is 1. The van der Waals surface area contributed by atoms with Crippen molar-refractivity contribution >= 4 is 29.8 Å². The second-order valence-electron chi connectivity index (χ2n) is 12.9. The van der Waals surface area contributed by atoms with Gasteiger partial charge in [-0.3, -0.25) is 29.1 Å². The summed E-state index contributed by atoms with van der Waals surface area (Å²) in [6.07, 6.45) is 8.63. The van der Waals surface area contributed by atoms with Gasteiger partial charge in [0.15, 0.2) is 0 Å². The van der Waals surface area contributed by atoms with Gasteiger partial charge in [-0.1, -0.05) is 6.42 Å². The maximum Gasteiger partial charge on any atom is 0.334 e. The highest BCUT2D eigenvalue weighted by Gasteiger charge is 2.60. The maximum atomic E-state index is 13.5. The lowest BCUT2D eigenvalue weighted by atomic mass is 9.60. The van der Waals surface area contributed by atoms with Gasteiger partial charge in [-0.15, -0.1) is 0 Å². The lowest BCUT2D eigenvalue weighted by Crippen LogP contribution is -2.62. The van der Waals surface area contributed by atoms with Crippen LogP contribution in [0.4, 0.5) is 9.59 Å². The third-order valence-corrected chi connectivity index (χ3v) is 10.7. The third kappa shape index (κ3) is 4.09. The van der Waals surface area contributed by atoms with Gasteiger partial charge in [0, 0.05) is 32.1 Å². The molecule has 6 fully saturated rings. The van der Waals surface area contributed by atoms with Gasteiger partial charge in [-0.25, -0.2) is 9.59 Å². The molecule has 3 heterocycles. The fourth-order valence-corrected chi connectivity index (χ4v) is 7.74. The first-order valence-electron chi connectivity index (χ1n) is 14.7. The predicted molar refractivity (Wildman–Crippen MR) is 142 cm³/mol. The standard InChI is InChI=1S/C28H40N6O6/c1-31-24(37)28(33(25(31)38)14-18-15-40-16-18)11-9-27(10-12-28)7-5-19(6-8-27)34-23(36)20(21(29)30)22(35)32(26(34)39)13-17-3-2-4-17/h17-19H,2-16,29-30H2,1H3. The molecule has 12 nitrogen and oxygen atoms in total. The molecule has 12 heteroatoms. The lowest BCUT2D eigenvalue weighted by Gasteiger charge is -2.51. The summed E-state index contributed by atoms with van der Waals surface area (Å²) in [7, 11) is 1.57. The third-order valence-electron chi connectivity index (χ3n) is 10.7. The molecule has 3 aliphatic heterocycles. The molecule has 218 valence electrons. The van der Waals surface area contributed by atoms with Crippen molar-refractivity contribution in [1.82, 2.24) is 19.6 Å². The zero-order valence-electron chi connectivity index (χ0n) is 23.2. The molecule has 0 aromatic rings. The summed E-state index contributed by atoms with van der Waals surface area (Å²) in [5, 5.41) is 0. The summed E-state index contributed by atoms with van der Waals surface area (Å²) in [6.45, 7) is 2.06. The Labute approximate surface area is 234 Å². The van der Waals surface area contributed by atoms with Crippen LogP contribution in [0.15, 0.2) is 11.4 Å². The molecule has 0 bridgehead atoms. The molecule has 3 saturated heterocycles. The van der Waals surface area contributed by atoms with Gasteiger partial charge < -0.3 is 21.1 Å². The van der Waals surface area contributed by atoms with Crippen molar-refractivity contribution in [3.63, 3.8) is 0 Å². The number of nitrogens with zero attached hydrogens (tertiary/aromatic N) is 4. The van der Waals surface area contributed by atoms with E-state index in [4.69, 9.17) is 16.2 Å². The molecule has 0 radical (unpaired) electrons. The molecular weight excluding hydrogens is 516 g/mol. The van der Waals surface area contributed by atoms with Gasteiger partial charge in [0.25, 0.3) is 17.7 Å². The van der Waals surface area contributed by atoms with Crippen LogP contribution in [0, 0.1) is 17.3 Å². The number of urea groups is 2. The highest BCUT2D eigenvalue weighted by atomic mass is 16.5. The van der Waals surface area contributed by atoms with Crippen LogP contribution in [0.5, 0.6) is 0 Å². The Morgan fingerprint density at radius 2 is 1.48 bits per heavy atom. The van der Waals surface area contributed by atoms with E-state index in [1.165, 1.54) is 9.80 Å². The fourth-order valence-electron chi connectivity index (χ4n) is 7.74. The second kappa shape index (κ2) is 9.74. The van der Waals surface area contributed by atoms with Crippen molar-refractivity contribution < 1.29 is 28.7 Å². The number of rotatable bonds is 5. The zero-order valence-corrected chi connectivity index (χ0v) is 23.2. The summed E-state index contributed by atoms with van der Waals surface area (Å²) < 4.78 is 5.31. The summed E-state index contributed by atoms with van der Waals surface area (Å²) in [5.74, 6) is -1.34. The molecule has 4 N–H and O–H groups in total. The SMILES string of the molecule is CN1C(=O)N(CC2COC2)C2(CCC3(CCC(N4C(=O)C(=C(N)N)C(=O)N(CC5CCC5)C4=O)CC3)CC2)C1=O. The number of nitrogens with two attached hydrogens (primary N) is 2. The summed E-state index contributed by atoms with van der Waals surface area (Å²) in [4.78, 5) is 71.6. The zero-order chi connectivity index (χ0) is 28.4. The Hall–Kier alpha value is -3.15. The topological polar surface area (TPSA) is 160 Å². The van der Waals surface area contributed by atoms with Crippen molar-refractivity contribution in [3.8, 4) is 0 Å². The molecule has 6 rings (SSSR count). The first-order valence-corrected chi connectivity index (χ1v) is 14.7. The molecule has 7 amide bonds. The van der Waals surface area contributed by atoms with Crippen molar-refractivity contribution in [1.29, 1.82) is 0 Å². The number of carbonyl (C=O) groups excluding carboxylic acids is 5. The number of amides is 7. The normalized spacial score (nSPS) is 33.9. The Bertz CT molecular complexity index is 1150. The number of barbiturate groups is 1. The van der Waals surface area contributed by atoms with E-state index in [0.29, 0.717) is 45.4 Å². The number of carbonyl (C=O) groups is 5. The van der Waals surface area contributed by atoms with Gasteiger partial charge >= 0.3 is 12.1 Å². The first-order chi connectivity index (χ1) is 19.1. The molecule has 2 spiro atoms. The van der Waals surface area contributed by atoms with E-state index in [1.54, 1.807) is 11.9 Å². The molecule has 0 aromatic carbocycles. The van der Waals surface area contributed by atoms with Crippen LogP contribution in [-0.2, 0) is 19.1 Å². The van der Waals surface area contributed by atoms with Crippen molar-refractivity contribution in [2.75, 3.05) is 33.4 Å². The van der Waals surface area contributed by atoms with Gasteiger partial charge in [0.1, 0.15) is 16.9 Å². The minimum absolute atomic E-state index is 0.00757. The first kappa shape index (κ1) is 27.0. The monoisotopic (exact) mass is 556 g/mol. The van der Waals surface area contributed by atoms with Crippen molar-refractivity contribution in [2.45, 2.75) is 82.2 Å². The summed E-state index contributed by atoms with van der Waals surface area (Å²) in [5.41, 5.74) is 10.4. The number of hydrogen-bond donors (Lipinski definition) is 2. The smallest absolute Gasteiger partial charge is 0.334 e. The van der Waals surface area contributed by atoms with Crippen LogP contribution >= 0.6 is 0 Å². The fraction of sp³-hybridized carbons (Fsp3) is 0.750. The molecule has 0 aromatic heterocycles. The molecule has 3 aliphatic carbocycles. The van der Waals surface area contributed by atoms with Gasteiger partial charge in [-0.2, -0.15) is 0 Å². The molecule has 0 unspecified atom stereocenters. The summed E-state index contributed by atoms with van der Waals surface area (Å²) in [6, 6.07) is -1.13. The highest BCUT2D eigenvalue weighted by Crippen LogP contribution is 2.54. The van der Waals surface area contributed by atoms with Crippen LogP contribution in [0.2, 0.25) is 0 Å². The number of likely N-dealkylation sites (N-methyl/N-ethyl adjacent to an activating group) is 1. The van der Waals surface area contributed by atoms with E-state index < -0.39 is 23.4 Å². The van der Waals surface area contributed by atoms with Crippen LogP contribution in [0.1, 0.15) is 70.6 Å². The van der Waals surface area contributed by atoms with E-state index in [1.807, 2.05) is 0 Å². The van der Waals surface area contributed by atoms with Gasteiger partial charge in [0.05, 0.1) is 13.2 Å². The van der Waals surface area contributed by atoms with Gasteiger partial charge in [-0.05, 0) is 75.5 Å². The molecule has 3 saturated carbocycles. The van der Waals surface area contributed by atoms with Crippen molar-refractivity contribution in [3.05, 3.63) is 11.4 Å². The molecule has 40 heavy (non-hydrogen) atoms. The molecule has 0 atom stereocenters. The van der Waals surface area contributed by atoms with Gasteiger partial charge in [0.2, 0.25) is 0 Å². The van der Waals surface area contributed by atoms with E-state index in [-0.39, 0.29) is 53.2 Å². The average molecular weight is 557 g/mol. The average Bonchev–Trinajstić information content (AvgIpc) is 3.03. The van der Waals surface area contributed by atoms with Crippen molar-refractivity contribution in [2.24, 2.45) is 28.7 Å². The summed E-state index contributed by atoms with van der Waals surface area (Å²) >= 11 is 0. The van der Waals surface area contributed by atoms with Crippen LogP contribution in [-0.4, -0.2) is 94.3 Å². The minimum Gasteiger partial charge on any atom is -0.385 e. The predicted octanol–water partition coefficient (Wildman–Crippen LogP) is 1.49. The minimum atomic E-state index is -0.789. The Morgan fingerprint density at radius 3 is 2.00 bits per heavy atom. The molecule has 6 aliphatic rings. The van der Waals surface area contributed by atoms with E-state index >= 15 is 0 Å². The van der Waals surface area contributed by atoms with E-state index in [0.717, 1.165) is 49.8 Å². The Morgan fingerprint density at radius 1 is 0.825 bits per heavy atom. The maximum absolute atomic E-state index is 13.5. The second-order valence-corrected chi connectivity index (χ2v) is 12.9.